The smallest absolute Gasteiger partial charge is 0.268 e. The average Bonchev–Trinajstić information content (AvgIpc) is 2.56. The maximum absolute atomic E-state index is 11.2. The average molecular weight is 299 g/mol. The molecule has 0 spiro atoms. The fraction of sp³-hybridized carbons (Fsp3) is 0.267. The lowest BCUT2D eigenvalue weighted by molar-refractivity contribution is 0.0995. The van der Waals surface area contributed by atoms with Crippen molar-refractivity contribution in [1.29, 1.82) is 0 Å². The predicted molar refractivity (Wildman–Crippen MR) is 83.1 cm³/mol. The standard InChI is InChI=1S/C15H17N5O2/c16-15(22)11-9-17-10-14(18-11)20-7-5-19(6-8-20)12-3-1-2-4-13(12)21/h1-4,9-10,21H,5-8H2,(H2,16,22). The van der Waals surface area contributed by atoms with Crippen molar-refractivity contribution >= 4 is 17.4 Å². The number of nitrogens with zero attached hydrogens (tertiary/aromatic N) is 4. The van der Waals surface area contributed by atoms with Crippen molar-refractivity contribution in [2.45, 2.75) is 0 Å². The van der Waals surface area contributed by atoms with E-state index in [0.29, 0.717) is 5.82 Å². The number of carbonyl (C=O) groups excluding carboxylic acids is 1. The lowest BCUT2D eigenvalue weighted by Crippen LogP contribution is -2.47. The molecule has 22 heavy (non-hydrogen) atoms. The topological polar surface area (TPSA) is 95.6 Å². The van der Waals surface area contributed by atoms with Gasteiger partial charge in [0.2, 0.25) is 0 Å². The molecule has 0 radical (unpaired) electrons. The van der Waals surface area contributed by atoms with Crippen molar-refractivity contribution < 1.29 is 9.90 Å². The lowest BCUT2D eigenvalue weighted by atomic mass is 10.2. The molecule has 0 saturated carbocycles. The van der Waals surface area contributed by atoms with Crippen LogP contribution < -0.4 is 15.5 Å². The fourth-order valence-electron chi connectivity index (χ4n) is 2.53. The Morgan fingerprint density at radius 2 is 1.77 bits per heavy atom. The quantitative estimate of drug-likeness (QED) is 0.862. The molecule has 0 bridgehead atoms. The van der Waals surface area contributed by atoms with Crippen LogP contribution >= 0.6 is 0 Å². The predicted octanol–water partition coefficient (Wildman–Crippen LogP) is 0.608. The number of amides is 1. The van der Waals surface area contributed by atoms with Crippen LogP contribution in [0.1, 0.15) is 10.5 Å². The van der Waals surface area contributed by atoms with E-state index in [1.807, 2.05) is 12.1 Å². The van der Waals surface area contributed by atoms with Gasteiger partial charge in [0, 0.05) is 26.2 Å². The monoisotopic (exact) mass is 299 g/mol. The molecule has 7 heteroatoms. The summed E-state index contributed by atoms with van der Waals surface area (Å²) < 4.78 is 0. The Hall–Kier alpha value is -2.83. The summed E-state index contributed by atoms with van der Waals surface area (Å²) >= 11 is 0. The molecule has 2 heterocycles. The Balaban J connectivity index is 1.71. The van der Waals surface area contributed by atoms with Crippen molar-refractivity contribution in [2.75, 3.05) is 36.0 Å². The van der Waals surface area contributed by atoms with E-state index in [0.717, 1.165) is 31.9 Å². The maximum Gasteiger partial charge on any atom is 0.268 e. The van der Waals surface area contributed by atoms with Crippen LogP contribution in [0.4, 0.5) is 11.5 Å². The van der Waals surface area contributed by atoms with Gasteiger partial charge in [-0.15, -0.1) is 0 Å². The summed E-state index contributed by atoms with van der Waals surface area (Å²) in [5.41, 5.74) is 6.23. The number of primary amides is 1. The van der Waals surface area contributed by atoms with Crippen LogP contribution in [-0.2, 0) is 0 Å². The third-order valence-corrected chi connectivity index (χ3v) is 3.70. The normalized spacial score (nSPS) is 14.9. The number of phenolic OH excluding ortho intramolecular Hbond substituents is 1. The van der Waals surface area contributed by atoms with Gasteiger partial charge in [0.15, 0.2) is 0 Å². The number of hydrogen-bond acceptors (Lipinski definition) is 6. The molecule has 7 nitrogen and oxygen atoms in total. The second-order valence-electron chi connectivity index (χ2n) is 5.09. The zero-order valence-electron chi connectivity index (χ0n) is 12.0. The summed E-state index contributed by atoms with van der Waals surface area (Å²) in [7, 11) is 0. The number of anilines is 2. The number of hydrogen-bond donors (Lipinski definition) is 2. The zero-order valence-corrected chi connectivity index (χ0v) is 12.0. The van der Waals surface area contributed by atoms with E-state index in [4.69, 9.17) is 5.73 Å². The SMILES string of the molecule is NC(=O)c1cncc(N2CCN(c3ccccc3O)CC2)n1. The Morgan fingerprint density at radius 1 is 1.09 bits per heavy atom. The van der Waals surface area contributed by atoms with Crippen LogP contribution in [0.15, 0.2) is 36.7 Å². The van der Waals surface area contributed by atoms with E-state index in [1.54, 1.807) is 18.3 Å². The third kappa shape index (κ3) is 2.78. The van der Waals surface area contributed by atoms with Gasteiger partial charge in [-0.2, -0.15) is 0 Å². The van der Waals surface area contributed by atoms with Gasteiger partial charge in [-0.1, -0.05) is 12.1 Å². The van der Waals surface area contributed by atoms with Crippen LogP contribution in [0.25, 0.3) is 0 Å². The third-order valence-electron chi connectivity index (χ3n) is 3.70. The van der Waals surface area contributed by atoms with Gasteiger partial charge >= 0.3 is 0 Å². The Kier molecular flexibility index (Phi) is 3.78. The summed E-state index contributed by atoms with van der Waals surface area (Å²) in [6.45, 7) is 2.95. The summed E-state index contributed by atoms with van der Waals surface area (Å²) in [5.74, 6) is 0.349. The molecule has 1 amide bonds. The van der Waals surface area contributed by atoms with Gasteiger partial charge in [0.05, 0.1) is 18.1 Å². The Labute approximate surface area is 128 Å². The second kappa shape index (κ2) is 5.88. The highest BCUT2D eigenvalue weighted by Gasteiger charge is 2.20. The van der Waals surface area contributed by atoms with Crippen molar-refractivity contribution in [2.24, 2.45) is 5.73 Å². The van der Waals surface area contributed by atoms with Gasteiger partial charge in [-0.25, -0.2) is 4.98 Å². The van der Waals surface area contributed by atoms with Crippen molar-refractivity contribution in [3.8, 4) is 5.75 Å². The van der Waals surface area contributed by atoms with E-state index >= 15 is 0 Å². The van der Waals surface area contributed by atoms with Gasteiger partial charge in [0.25, 0.3) is 5.91 Å². The molecule has 0 unspecified atom stereocenters. The molecule has 0 atom stereocenters. The molecule has 3 rings (SSSR count). The zero-order chi connectivity index (χ0) is 15.5. The van der Waals surface area contributed by atoms with Gasteiger partial charge < -0.3 is 20.6 Å². The minimum absolute atomic E-state index is 0.167. The Morgan fingerprint density at radius 3 is 2.45 bits per heavy atom. The number of para-hydroxylation sites is 2. The number of phenols is 1. The van der Waals surface area contributed by atoms with E-state index in [1.165, 1.54) is 6.20 Å². The van der Waals surface area contributed by atoms with Crippen LogP contribution in [0.5, 0.6) is 5.75 Å². The van der Waals surface area contributed by atoms with Crippen LogP contribution in [0.3, 0.4) is 0 Å². The largest absolute Gasteiger partial charge is 0.506 e. The molecule has 1 fully saturated rings. The fourth-order valence-corrected chi connectivity index (χ4v) is 2.53. The van der Waals surface area contributed by atoms with Crippen molar-refractivity contribution in [1.82, 2.24) is 9.97 Å². The number of benzene rings is 1. The molecule has 1 aliphatic heterocycles. The number of aromatic nitrogens is 2. The van der Waals surface area contributed by atoms with E-state index in [-0.39, 0.29) is 11.4 Å². The molecule has 1 aliphatic rings. The first kappa shape index (κ1) is 14.1. The first-order valence-electron chi connectivity index (χ1n) is 7.05. The summed E-state index contributed by atoms with van der Waals surface area (Å²) in [4.78, 5) is 23.6. The number of carbonyl (C=O) groups is 1. The molecule has 2 aromatic rings. The number of nitrogens with two attached hydrogens (primary N) is 1. The highest BCUT2D eigenvalue weighted by atomic mass is 16.3. The van der Waals surface area contributed by atoms with Gasteiger partial charge in [-0.05, 0) is 12.1 Å². The molecule has 0 aliphatic carbocycles. The summed E-state index contributed by atoms with van der Waals surface area (Å²) in [5, 5.41) is 9.91. The molecule has 3 N–H and O–H groups in total. The van der Waals surface area contributed by atoms with Crippen molar-refractivity contribution in [3.63, 3.8) is 0 Å². The number of aromatic hydroxyl groups is 1. The van der Waals surface area contributed by atoms with Crippen LogP contribution in [0, 0.1) is 0 Å². The van der Waals surface area contributed by atoms with Crippen molar-refractivity contribution in [3.05, 3.63) is 42.4 Å². The van der Waals surface area contributed by atoms with Crippen LogP contribution in [0.2, 0.25) is 0 Å². The highest BCUT2D eigenvalue weighted by Crippen LogP contribution is 2.27. The van der Waals surface area contributed by atoms with Gasteiger partial charge in [0.1, 0.15) is 17.3 Å². The number of piperazine rings is 1. The first-order chi connectivity index (χ1) is 10.6. The second-order valence-corrected chi connectivity index (χ2v) is 5.09. The summed E-state index contributed by atoms with van der Waals surface area (Å²) in [6, 6.07) is 7.30. The lowest BCUT2D eigenvalue weighted by Gasteiger charge is -2.36. The maximum atomic E-state index is 11.2. The minimum Gasteiger partial charge on any atom is -0.506 e. The molecule has 1 aromatic heterocycles. The minimum atomic E-state index is -0.581. The van der Waals surface area contributed by atoms with E-state index in [9.17, 15) is 9.90 Å². The molecular formula is C15H17N5O2. The number of rotatable bonds is 3. The Bertz CT molecular complexity index is 683. The molecular weight excluding hydrogens is 282 g/mol. The highest BCUT2D eigenvalue weighted by molar-refractivity contribution is 5.90. The molecule has 1 saturated heterocycles. The summed E-state index contributed by atoms with van der Waals surface area (Å²) in [6.07, 6.45) is 2.99. The van der Waals surface area contributed by atoms with Crippen LogP contribution in [-0.4, -0.2) is 47.2 Å². The molecule has 114 valence electrons. The molecule has 1 aromatic carbocycles. The first-order valence-corrected chi connectivity index (χ1v) is 7.05. The van der Waals surface area contributed by atoms with E-state index in [2.05, 4.69) is 19.8 Å². The van der Waals surface area contributed by atoms with E-state index < -0.39 is 5.91 Å². The van der Waals surface area contributed by atoms with Gasteiger partial charge in [-0.3, -0.25) is 9.78 Å².